The number of methoxy groups -OCH3 is 1. The van der Waals surface area contributed by atoms with Crippen LogP contribution in [0.1, 0.15) is 19.8 Å². The fraction of sp³-hybridized carbons (Fsp3) is 0.389. The average Bonchev–Trinajstić information content (AvgIpc) is 2.52. The Hall–Kier alpha value is -1.55. The first kappa shape index (κ1) is 16.8. The van der Waals surface area contributed by atoms with E-state index in [1.807, 2.05) is 36.6 Å². The Kier molecular flexibility index (Phi) is 5.83. The van der Waals surface area contributed by atoms with Gasteiger partial charge in [0.05, 0.1) is 18.0 Å². The molecular formula is C18H23BrN2O. The highest BCUT2D eigenvalue weighted by molar-refractivity contribution is 9.10. The van der Waals surface area contributed by atoms with Gasteiger partial charge in [0.25, 0.3) is 0 Å². The zero-order valence-corrected chi connectivity index (χ0v) is 14.8. The number of halogens is 1. The molecule has 1 unspecified atom stereocenters. The highest BCUT2D eigenvalue weighted by atomic mass is 79.9. The standard InChI is InChI=1S/C18H23BrN2O/c1-14(2)5-10-17(18(19)11-4-12-20-13-18)21-15-6-8-16(22-3)9-7-15/h4,6-9,11-12,17,21H,1,5,10,13H2,2-3H3/t17-,18?/m1/s1. The number of allylic oxidation sites excluding steroid dienone is 2. The predicted molar refractivity (Wildman–Crippen MR) is 98.6 cm³/mol. The molecule has 0 spiro atoms. The second-order valence-corrected chi connectivity index (χ2v) is 7.17. The molecule has 2 atom stereocenters. The predicted octanol–water partition coefficient (Wildman–Crippen LogP) is 4.61. The fourth-order valence-electron chi connectivity index (χ4n) is 2.45. The first-order valence-electron chi connectivity index (χ1n) is 7.45. The van der Waals surface area contributed by atoms with Crippen LogP contribution in [0, 0.1) is 0 Å². The molecule has 4 heteroatoms. The third kappa shape index (κ3) is 4.47. The van der Waals surface area contributed by atoms with Gasteiger partial charge in [0.1, 0.15) is 5.75 Å². The van der Waals surface area contributed by atoms with Gasteiger partial charge in [-0.1, -0.05) is 27.6 Å². The number of alkyl halides is 1. The number of nitrogens with zero attached hydrogens (tertiary/aromatic N) is 1. The Balaban J connectivity index is 2.14. The van der Waals surface area contributed by atoms with Crippen molar-refractivity contribution in [2.45, 2.75) is 30.1 Å². The number of hydrogen-bond donors (Lipinski definition) is 1. The molecule has 0 saturated heterocycles. The Morgan fingerprint density at radius 1 is 1.45 bits per heavy atom. The lowest BCUT2D eigenvalue weighted by atomic mass is 9.92. The molecule has 0 fully saturated rings. The van der Waals surface area contributed by atoms with E-state index in [4.69, 9.17) is 4.74 Å². The molecule has 1 aliphatic rings. The van der Waals surface area contributed by atoms with Crippen LogP contribution in [0.2, 0.25) is 0 Å². The summed E-state index contributed by atoms with van der Waals surface area (Å²) >= 11 is 3.88. The third-order valence-corrected chi connectivity index (χ3v) is 4.84. The molecule has 1 aromatic rings. The summed E-state index contributed by atoms with van der Waals surface area (Å²) in [6.07, 6.45) is 8.01. The van der Waals surface area contributed by atoms with Gasteiger partial charge in [-0.25, -0.2) is 0 Å². The molecule has 0 saturated carbocycles. The maximum Gasteiger partial charge on any atom is 0.119 e. The quantitative estimate of drug-likeness (QED) is 0.567. The zero-order chi connectivity index (χ0) is 16.0. The van der Waals surface area contributed by atoms with E-state index in [0.29, 0.717) is 0 Å². The number of ether oxygens (including phenoxy) is 1. The average molecular weight is 363 g/mol. The molecule has 0 bridgehead atoms. The topological polar surface area (TPSA) is 33.6 Å². The van der Waals surface area contributed by atoms with E-state index < -0.39 is 0 Å². The minimum absolute atomic E-state index is 0.170. The monoisotopic (exact) mass is 362 g/mol. The van der Waals surface area contributed by atoms with Gasteiger partial charge in [-0.3, -0.25) is 4.99 Å². The van der Waals surface area contributed by atoms with Crippen molar-refractivity contribution in [2.75, 3.05) is 19.0 Å². The Morgan fingerprint density at radius 3 is 2.73 bits per heavy atom. The van der Waals surface area contributed by atoms with Crippen LogP contribution in [0.4, 0.5) is 5.69 Å². The smallest absolute Gasteiger partial charge is 0.119 e. The van der Waals surface area contributed by atoms with Gasteiger partial charge in [-0.05, 0) is 50.1 Å². The minimum Gasteiger partial charge on any atom is -0.497 e. The van der Waals surface area contributed by atoms with Crippen LogP contribution < -0.4 is 10.1 Å². The first-order valence-corrected chi connectivity index (χ1v) is 8.24. The van der Waals surface area contributed by atoms with Crippen LogP contribution in [-0.2, 0) is 0 Å². The van der Waals surface area contributed by atoms with E-state index in [1.54, 1.807) is 7.11 Å². The number of benzene rings is 1. The number of aliphatic imine (C=N–C) groups is 1. The van der Waals surface area contributed by atoms with Crippen molar-refractivity contribution >= 4 is 27.8 Å². The number of hydrogen-bond acceptors (Lipinski definition) is 3. The number of dihydropyridines is 1. The summed E-state index contributed by atoms with van der Waals surface area (Å²) in [4.78, 5) is 4.41. The summed E-state index contributed by atoms with van der Waals surface area (Å²) in [6, 6.07) is 8.24. The molecule has 0 radical (unpaired) electrons. The van der Waals surface area contributed by atoms with Gasteiger partial charge >= 0.3 is 0 Å². The molecule has 0 amide bonds. The van der Waals surface area contributed by atoms with Crippen LogP contribution in [-0.4, -0.2) is 30.2 Å². The van der Waals surface area contributed by atoms with Crippen molar-refractivity contribution in [1.29, 1.82) is 0 Å². The number of anilines is 1. The zero-order valence-electron chi connectivity index (χ0n) is 13.2. The van der Waals surface area contributed by atoms with E-state index in [-0.39, 0.29) is 10.4 Å². The second-order valence-electron chi connectivity index (χ2n) is 5.70. The molecule has 1 N–H and O–H groups in total. The van der Waals surface area contributed by atoms with Crippen molar-refractivity contribution in [3.63, 3.8) is 0 Å². The van der Waals surface area contributed by atoms with E-state index >= 15 is 0 Å². The van der Waals surface area contributed by atoms with Crippen molar-refractivity contribution in [2.24, 2.45) is 4.99 Å². The van der Waals surface area contributed by atoms with Gasteiger partial charge in [0.15, 0.2) is 0 Å². The summed E-state index contributed by atoms with van der Waals surface area (Å²) in [7, 11) is 1.68. The molecule has 0 aliphatic carbocycles. The number of rotatable bonds is 7. The lowest BCUT2D eigenvalue weighted by Crippen LogP contribution is -2.43. The normalized spacial score (nSPS) is 21.4. The maximum absolute atomic E-state index is 5.21. The molecule has 22 heavy (non-hydrogen) atoms. The lowest BCUT2D eigenvalue weighted by Gasteiger charge is -2.35. The molecular weight excluding hydrogens is 340 g/mol. The Labute approximate surface area is 141 Å². The van der Waals surface area contributed by atoms with E-state index in [1.165, 1.54) is 5.57 Å². The van der Waals surface area contributed by atoms with Crippen LogP contribution in [0.15, 0.2) is 53.6 Å². The highest BCUT2D eigenvalue weighted by Crippen LogP contribution is 2.32. The van der Waals surface area contributed by atoms with Crippen molar-refractivity contribution in [3.8, 4) is 5.75 Å². The van der Waals surface area contributed by atoms with E-state index in [2.05, 4.69) is 45.8 Å². The minimum atomic E-state index is -0.170. The van der Waals surface area contributed by atoms with Crippen LogP contribution in [0.3, 0.4) is 0 Å². The lowest BCUT2D eigenvalue weighted by molar-refractivity contribution is 0.415. The van der Waals surface area contributed by atoms with Crippen LogP contribution >= 0.6 is 15.9 Å². The summed E-state index contributed by atoms with van der Waals surface area (Å²) in [5.74, 6) is 0.861. The Bertz CT molecular complexity index is 565. The van der Waals surface area contributed by atoms with E-state index in [0.717, 1.165) is 30.8 Å². The van der Waals surface area contributed by atoms with Gasteiger partial charge in [-0.15, -0.1) is 6.58 Å². The van der Waals surface area contributed by atoms with Crippen LogP contribution in [0.25, 0.3) is 0 Å². The van der Waals surface area contributed by atoms with Crippen molar-refractivity contribution in [3.05, 3.63) is 48.6 Å². The molecule has 3 nitrogen and oxygen atoms in total. The third-order valence-electron chi connectivity index (χ3n) is 3.77. The van der Waals surface area contributed by atoms with Crippen molar-refractivity contribution < 1.29 is 4.74 Å². The summed E-state index contributed by atoms with van der Waals surface area (Å²) in [6.45, 7) is 6.82. The Morgan fingerprint density at radius 2 is 2.18 bits per heavy atom. The largest absolute Gasteiger partial charge is 0.497 e. The maximum atomic E-state index is 5.21. The molecule has 1 aromatic carbocycles. The summed E-state index contributed by atoms with van der Waals surface area (Å²) in [5.41, 5.74) is 2.27. The first-order chi connectivity index (χ1) is 10.5. The van der Waals surface area contributed by atoms with Gasteiger partial charge in [0, 0.05) is 17.9 Å². The second kappa shape index (κ2) is 7.63. The van der Waals surface area contributed by atoms with Crippen molar-refractivity contribution in [1.82, 2.24) is 0 Å². The van der Waals surface area contributed by atoms with Crippen LogP contribution in [0.5, 0.6) is 5.75 Å². The molecule has 0 aromatic heterocycles. The van der Waals surface area contributed by atoms with E-state index in [9.17, 15) is 0 Å². The SMILES string of the molecule is C=C(C)CC[C@@H](Nc1ccc(OC)cc1)C1(Br)C=CC=NC1. The number of nitrogens with one attached hydrogen (secondary N) is 1. The van der Waals surface area contributed by atoms with Gasteiger partial charge in [0.2, 0.25) is 0 Å². The summed E-state index contributed by atoms with van der Waals surface area (Å²) in [5, 5.41) is 3.63. The molecule has 1 aliphatic heterocycles. The molecule has 1 heterocycles. The fourth-order valence-corrected chi connectivity index (χ4v) is 3.09. The summed E-state index contributed by atoms with van der Waals surface area (Å²) < 4.78 is 5.04. The molecule has 118 valence electrons. The highest BCUT2D eigenvalue weighted by Gasteiger charge is 2.34. The molecule has 2 rings (SSSR count). The van der Waals surface area contributed by atoms with Gasteiger partial charge in [-0.2, -0.15) is 0 Å². The van der Waals surface area contributed by atoms with Gasteiger partial charge < -0.3 is 10.1 Å².